The van der Waals surface area contributed by atoms with Gasteiger partial charge in [-0.25, -0.2) is 14.4 Å². The maximum absolute atomic E-state index is 13.5. The van der Waals surface area contributed by atoms with Crippen LogP contribution in [-0.2, 0) is 6.54 Å². The summed E-state index contributed by atoms with van der Waals surface area (Å²) in [5, 5.41) is 5.80. The maximum Gasteiger partial charge on any atom is 0.270 e. The summed E-state index contributed by atoms with van der Waals surface area (Å²) in [6.07, 6.45) is 1.54. The monoisotopic (exact) mass is 388 g/mol. The summed E-state index contributed by atoms with van der Waals surface area (Å²) in [7, 11) is 0. The molecule has 0 saturated carbocycles. The molecular formula is C22H17FN4O2. The molecule has 0 aliphatic rings. The third kappa shape index (κ3) is 4.65. The number of carbonyl (C=O) groups is 1. The first-order chi connectivity index (χ1) is 14.2. The molecule has 2 N–H and O–H groups in total. The van der Waals surface area contributed by atoms with Gasteiger partial charge in [-0.2, -0.15) is 0 Å². The van der Waals surface area contributed by atoms with Gasteiger partial charge in [0.1, 0.15) is 23.1 Å². The average molecular weight is 388 g/mol. The lowest BCUT2D eigenvalue weighted by Crippen LogP contribution is -2.24. The Morgan fingerprint density at radius 3 is 2.59 bits per heavy atom. The van der Waals surface area contributed by atoms with Crippen molar-refractivity contribution in [2.75, 3.05) is 5.32 Å². The number of rotatable bonds is 6. The van der Waals surface area contributed by atoms with E-state index >= 15 is 0 Å². The number of halogens is 1. The molecule has 0 radical (unpaired) electrons. The molecule has 0 atom stereocenters. The van der Waals surface area contributed by atoms with Gasteiger partial charge in [-0.1, -0.05) is 36.4 Å². The molecule has 2 aromatic heterocycles. The molecule has 29 heavy (non-hydrogen) atoms. The molecular weight excluding hydrogens is 371 g/mol. The summed E-state index contributed by atoms with van der Waals surface area (Å²) >= 11 is 0. The number of hydrogen-bond acceptors (Lipinski definition) is 5. The molecule has 4 aromatic rings. The summed E-state index contributed by atoms with van der Waals surface area (Å²) in [6, 6.07) is 20.4. The first kappa shape index (κ1) is 18.4. The van der Waals surface area contributed by atoms with Crippen LogP contribution in [0.1, 0.15) is 16.2 Å². The fourth-order valence-electron chi connectivity index (χ4n) is 2.73. The van der Waals surface area contributed by atoms with E-state index in [0.717, 1.165) is 5.56 Å². The molecule has 0 aliphatic heterocycles. The molecule has 0 fully saturated rings. The van der Waals surface area contributed by atoms with Gasteiger partial charge in [0.05, 0.1) is 12.8 Å². The first-order valence-corrected chi connectivity index (χ1v) is 8.95. The van der Waals surface area contributed by atoms with E-state index < -0.39 is 0 Å². The van der Waals surface area contributed by atoms with Crippen molar-refractivity contribution in [1.29, 1.82) is 0 Å². The third-order valence-electron chi connectivity index (χ3n) is 4.09. The molecule has 0 bridgehead atoms. The zero-order valence-electron chi connectivity index (χ0n) is 15.3. The topological polar surface area (TPSA) is 80.0 Å². The molecule has 6 nitrogen and oxygen atoms in total. The van der Waals surface area contributed by atoms with Crippen LogP contribution in [0.2, 0.25) is 0 Å². The summed E-state index contributed by atoms with van der Waals surface area (Å²) in [6.45, 7) is 0.239. The molecule has 1 amide bonds. The third-order valence-corrected chi connectivity index (χ3v) is 4.09. The van der Waals surface area contributed by atoms with Gasteiger partial charge >= 0.3 is 0 Å². The van der Waals surface area contributed by atoms with Gasteiger partial charge < -0.3 is 15.1 Å². The van der Waals surface area contributed by atoms with E-state index in [1.54, 1.807) is 30.5 Å². The van der Waals surface area contributed by atoms with Crippen molar-refractivity contribution in [1.82, 2.24) is 15.3 Å². The number of nitrogens with zero attached hydrogens (tertiary/aromatic N) is 2. The van der Waals surface area contributed by atoms with E-state index in [0.29, 0.717) is 23.1 Å². The van der Waals surface area contributed by atoms with Crippen LogP contribution in [0.4, 0.5) is 15.9 Å². The second-order valence-electron chi connectivity index (χ2n) is 6.23. The lowest BCUT2D eigenvalue weighted by Gasteiger charge is -2.10. The standard InChI is InChI=1S/C22H17FN4O2/c23-16-8-4-9-17(12-16)25-20-13-19(22(28)24-14-18-10-5-11-29-18)26-21(27-20)15-6-2-1-3-7-15/h1-13H,14H2,(H,24,28)(H,25,26,27). The van der Waals surface area contributed by atoms with Crippen LogP contribution in [0.3, 0.4) is 0 Å². The van der Waals surface area contributed by atoms with Crippen LogP contribution in [0.25, 0.3) is 11.4 Å². The van der Waals surface area contributed by atoms with Gasteiger partial charge in [-0.05, 0) is 30.3 Å². The smallest absolute Gasteiger partial charge is 0.270 e. The number of hydrogen-bond donors (Lipinski definition) is 2. The number of furan rings is 1. The van der Waals surface area contributed by atoms with E-state index in [1.165, 1.54) is 18.2 Å². The minimum absolute atomic E-state index is 0.185. The fraction of sp³-hybridized carbons (Fsp3) is 0.0455. The lowest BCUT2D eigenvalue weighted by atomic mass is 10.2. The Kier molecular flexibility index (Phi) is 5.29. The molecule has 2 aromatic carbocycles. The van der Waals surface area contributed by atoms with Gasteiger partial charge in [-0.3, -0.25) is 4.79 Å². The van der Waals surface area contributed by atoms with Gasteiger partial charge in [0.15, 0.2) is 5.82 Å². The van der Waals surface area contributed by atoms with Gasteiger partial charge in [0.25, 0.3) is 5.91 Å². The number of amides is 1. The van der Waals surface area contributed by atoms with E-state index in [4.69, 9.17) is 4.42 Å². The number of anilines is 2. The SMILES string of the molecule is O=C(NCc1ccco1)c1cc(Nc2cccc(F)c2)nc(-c2ccccc2)n1. The van der Waals surface area contributed by atoms with Gasteiger partial charge in [0.2, 0.25) is 0 Å². The second-order valence-corrected chi connectivity index (χ2v) is 6.23. The fourth-order valence-corrected chi connectivity index (χ4v) is 2.73. The average Bonchev–Trinajstić information content (AvgIpc) is 3.26. The van der Waals surface area contributed by atoms with Gasteiger partial charge in [0, 0.05) is 17.3 Å². The zero-order valence-corrected chi connectivity index (χ0v) is 15.3. The first-order valence-electron chi connectivity index (χ1n) is 8.95. The number of carbonyl (C=O) groups excluding carboxylic acids is 1. The van der Waals surface area contributed by atoms with Crippen molar-refractivity contribution in [3.63, 3.8) is 0 Å². The van der Waals surface area contributed by atoms with Crippen molar-refractivity contribution in [2.24, 2.45) is 0 Å². The Labute approximate surface area is 166 Å². The molecule has 144 valence electrons. The summed E-state index contributed by atoms with van der Waals surface area (Å²) in [5.41, 5.74) is 1.46. The Hall–Kier alpha value is -4.00. The van der Waals surface area contributed by atoms with Crippen molar-refractivity contribution in [3.05, 3.63) is 96.3 Å². The lowest BCUT2D eigenvalue weighted by molar-refractivity contribution is 0.0943. The Morgan fingerprint density at radius 1 is 0.966 bits per heavy atom. The molecule has 4 rings (SSSR count). The van der Waals surface area contributed by atoms with Crippen LogP contribution in [0, 0.1) is 5.82 Å². The van der Waals surface area contributed by atoms with Crippen molar-refractivity contribution < 1.29 is 13.6 Å². The Balaban J connectivity index is 1.65. The predicted molar refractivity (Wildman–Crippen MR) is 107 cm³/mol. The van der Waals surface area contributed by atoms with Crippen LogP contribution >= 0.6 is 0 Å². The van der Waals surface area contributed by atoms with E-state index in [1.807, 2.05) is 30.3 Å². The number of benzene rings is 2. The van der Waals surface area contributed by atoms with Crippen LogP contribution in [-0.4, -0.2) is 15.9 Å². The van der Waals surface area contributed by atoms with Crippen molar-refractivity contribution in [2.45, 2.75) is 6.54 Å². The molecule has 0 unspecified atom stereocenters. The molecule has 0 saturated heterocycles. The van der Waals surface area contributed by atoms with Crippen LogP contribution < -0.4 is 10.6 Å². The van der Waals surface area contributed by atoms with Crippen molar-refractivity contribution >= 4 is 17.4 Å². The maximum atomic E-state index is 13.5. The summed E-state index contributed by atoms with van der Waals surface area (Å²) in [5.74, 6) is 0.656. The Bertz CT molecular complexity index is 1110. The van der Waals surface area contributed by atoms with Crippen LogP contribution in [0.5, 0.6) is 0 Å². The van der Waals surface area contributed by atoms with Crippen LogP contribution in [0.15, 0.2) is 83.5 Å². The summed E-state index contributed by atoms with van der Waals surface area (Å²) < 4.78 is 18.7. The van der Waals surface area contributed by atoms with E-state index in [2.05, 4.69) is 20.6 Å². The molecule has 0 aliphatic carbocycles. The largest absolute Gasteiger partial charge is 0.467 e. The quantitative estimate of drug-likeness (QED) is 0.507. The number of aromatic nitrogens is 2. The van der Waals surface area contributed by atoms with E-state index in [-0.39, 0.29) is 24.0 Å². The molecule has 7 heteroatoms. The Morgan fingerprint density at radius 2 is 1.83 bits per heavy atom. The highest BCUT2D eigenvalue weighted by molar-refractivity contribution is 5.93. The highest BCUT2D eigenvalue weighted by Crippen LogP contribution is 2.21. The number of nitrogens with one attached hydrogen (secondary N) is 2. The molecule has 0 spiro atoms. The zero-order chi connectivity index (χ0) is 20.1. The minimum Gasteiger partial charge on any atom is -0.467 e. The van der Waals surface area contributed by atoms with E-state index in [9.17, 15) is 9.18 Å². The predicted octanol–water partition coefficient (Wildman–Crippen LogP) is 4.55. The normalized spacial score (nSPS) is 10.5. The highest BCUT2D eigenvalue weighted by atomic mass is 19.1. The van der Waals surface area contributed by atoms with Crippen molar-refractivity contribution in [3.8, 4) is 11.4 Å². The van der Waals surface area contributed by atoms with Gasteiger partial charge in [-0.15, -0.1) is 0 Å². The minimum atomic E-state index is -0.372. The summed E-state index contributed by atoms with van der Waals surface area (Å²) in [4.78, 5) is 21.5. The highest BCUT2D eigenvalue weighted by Gasteiger charge is 2.14. The second kappa shape index (κ2) is 8.35. The molecule has 2 heterocycles.